The van der Waals surface area contributed by atoms with Gasteiger partial charge in [-0.05, 0) is 12.1 Å². The van der Waals surface area contributed by atoms with E-state index >= 15 is 0 Å². The van der Waals surface area contributed by atoms with E-state index in [1.54, 1.807) is 6.07 Å². The highest BCUT2D eigenvalue weighted by Crippen LogP contribution is 2.19. The van der Waals surface area contributed by atoms with Crippen LogP contribution in [0.4, 0.5) is 0 Å². The molecular weight excluding hydrogens is 198 g/mol. The van der Waals surface area contributed by atoms with Crippen LogP contribution in [-0.4, -0.2) is 35.3 Å². The summed E-state index contributed by atoms with van der Waals surface area (Å²) in [6, 6.07) is 3.07. The lowest BCUT2D eigenvalue weighted by Crippen LogP contribution is -2.22. The zero-order chi connectivity index (χ0) is 11.0. The quantitative estimate of drug-likeness (QED) is 0.726. The van der Waals surface area contributed by atoms with Gasteiger partial charge in [-0.3, -0.25) is 9.59 Å². The van der Waals surface area contributed by atoms with Crippen molar-refractivity contribution in [2.24, 2.45) is 0 Å². The zero-order valence-electron chi connectivity index (χ0n) is 8.06. The Labute approximate surface area is 85.6 Å². The number of furan rings is 1. The Hall–Kier alpha value is -2.04. The molecule has 0 aromatic carbocycles. The van der Waals surface area contributed by atoms with Gasteiger partial charge in [-0.15, -0.1) is 0 Å². The van der Waals surface area contributed by atoms with Gasteiger partial charge in [0.1, 0.15) is 0 Å². The fourth-order valence-corrected chi connectivity index (χ4v) is 1.43. The van der Waals surface area contributed by atoms with Crippen LogP contribution in [0.1, 0.15) is 10.6 Å². The summed E-state index contributed by atoms with van der Waals surface area (Å²) in [6.45, 7) is 0.115. The molecule has 2 rings (SSSR count). The monoisotopic (exact) mass is 207 g/mol. The minimum atomic E-state index is -0.537. The lowest BCUT2D eigenvalue weighted by atomic mass is 10.1. The number of rotatable bonds is 2. The molecule has 0 saturated heterocycles. The summed E-state index contributed by atoms with van der Waals surface area (Å²) in [7, 11) is 1.51. The third-order valence-electron chi connectivity index (χ3n) is 2.25. The van der Waals surface area contributed by atoms with E-state index in [1.165, 1.54) is 24.3 Å². The fourth-order valence-electron chi connectivity index (χ4n) is 1.43. The van der Waals surface area contributed by atoms with Crippen molar-refractivity contribution in [1.82, 2.24) is 4.90 Å². The molecule has 0 spiro atoms. The molecule has 0 saturated carbocycles. The smallest absolute Gasteiger partial charge is 0.289 e. The van der Waals surface area contributed by atoms with Gasteiger partial charge in [-0.1, -0.05) is 0 Å². The van der Waals surface area contributed by atoms with E-state index in [0.717, 1.165) is 0 Å². The number of ketones is 1. The third-order valence-corrected chi connectivity index (χ3v) is 2.25. The van der Waals surface area contributed by atoms with Gasteiger partial charge in [-0.25, -0.2) is 0 Å². The summed E-state index contributed by atoms with van der Waals surface area (Å²) < 4.78 is 4.90. The van der Waals surface area contributed by atoms with Gasteiger partial charge in [0.25, 0.3) is 5.91 Å². The van der Waals surface area contributed by atoms with Crippen molar-refractivity contribution >= 4 is 11.7 Å². The van der Waals surface area contributed by atoms with E-state index in [0.29, 0.717) is 0 Å². The molecule has 0 radical (unpaired) electrons. The van der Waals surface area contributed by atoms with Crippen LogP contribution in [-0.2, 0) is 4.79 Å². The lowest BCUT2D eigenvalue weighted by Gasteiger charge is -2.05. The lowest BCUT2D eigenvalue weighted by molar-refractivity contribution is -0.126. The number of hydrogen-bond donors (Lipinski definition) is 1. The first kappa shape index (κ1) is 9.51. The topological polar surface area (TPSA) is 70.8 Å². The van der Waals surface area contributed by atoms with Crippen LogP contribution in [0.2, 0.25) is 0 Å². The number of carbonyl (C=O) groups excluding carboxylic acids is 2. The highest BCUT2D eigenvalue weighted by molar-refractivity contribution is 6.13. The molecule has 5 nitrogen and oxygen atoms in total. The molecule has 2 heterocycles. The summed E-state index contributed by atoms with van der Waals surface area (Å²) in [5, 5.41) is 9.42. The maximum atomic E-state index is 11.7. The molecule has 1 N–H and O–H groups in total. The van der Waals surface area contributed by atoms with Crippen LogP contribution in [0.15, 0.2) is 34.1 Å². The van der Waals surface area contributed by atoms with Crippen molar-refractivity contribution in [1.29, 1.82) is 0 Å². The number of aliphatic hydroxyl groups is 1. The van der Waals surface area contributed by atoms with Crippen LogP contribution in [0.25, 0.3) is 0 Å². The largest absolute Gasteiger partial charge is 0.503 e. The summed E-state index contributed by atoms with van der Waals surface area (Å²) in [4.78, 5) is 24.2. The maximum Gasteiger partial charge on any atom is 0.289 e. The molecule has 78 valence electrons. The number of likely N-dealkylation sites (N-methyl/N-ethyl adjacent to an activating group) is 1. The molecule has 1 aromatic heterocycles. The molecule has 0 aliphatic carbocycles. The average molecular weight is 207 g/mol. The molecule has 0 unspecified atom stereocenters. The third kappa shape index (κ3) is 1.41. The van der Waals surface area contributed by atoms with Gasteiger partial charge in [0.2, 0.25) is 5.78 Å². The van der Waals surface area contributed by atoms with Crippen molar-refractivity contribution in [2.45, 2.75) is 0 Å². The number of carbonyl (C=O) groups is 2. The second-order valence-electron chi connectivity index (χ2n) is 3.29. The van der Waals surface area contributed by atoms with E-state index < -0.39 is 17.4 Å². The molecule has 0 atom stereocenters. The number of amides is 1. The molecule has 15 heavy (non-hydrogen) atoms. The first-order chi connectivity index (χ1) is 7.11. The average Bonchev–Trinajstić information content (AvgIpc) is 2.82. The fraction of sp³-hybridized carbons (Fsp3) is 0.200. The van der Waals surface area contributed by atoms with E-state index in [-0.39, 0.29) is 17.9 Å². The van der Waals surface area contributed by atoms with E-state index in [4.69, 9.17) is 4.42 Å². The van der Waals surface area contributed by atoms with Gasteiger partial charge >= 0.3 is 0 Å². The van der Waals surface area contributed by atoms with Gasteiger partial charge in [0.05, 0.1) is 18.4 Å². The first-order valence-electron chi connectivity index (χ1n) is 4.37. The van der Waals surface area contributed by atoms with Crippen molar-refractivity contribution in [2.75, 3.05) is 13.6 Å². The summed E-state index contributed by atoms with van der Waals surface area (Å²) >= 11 is 0. The molecule has 1 aliphatic heterocycles. The van der Waals surface area contributed by atoms with Crippen LogP contribution >= 0.6 is 0 Å². The standard InChI is InChI=1S/C10H9NO4/c1-11-5-6(9(13)10(11)14)8(12)7-3-2-4-15-7/h2-4,13H,5H2,1H3. The van der Waals surface area contributed by atoms with Gasteiger partial charge in [-0.2, -0.15) is 0 Å². The summed E-state index contributed by atoms with van der Waals surface area (Å²) in [5.41, 5.74) is 0.0810. The SMILES string of the molecule is CN1CC(C(=O)c2ccco2)=C(O)C1=O. The predicted octanol–water partition coefficient (Wildman–Crippen LogP) is 0.746. The number of hydrogen-bond acceptors (Lipinski definition) is 4. The minimum Gasteiger partial charge on any atom is -0.503 e. The number of Topliss-reactive ketones (excluding diaryl/α,β-unsaturated/α-hetero) is 1. The molecule has 0 fully saturated rings. The number of nitrogens with zero attached hydrogens (tertiary/aromatic N) is 1. The van der Waals surface area contributed by atoms with Gasteiger partial charge < -0.3 is 14.4 Å². The Morgan fingerprint density at radius 1 is 1.60 bits per heavy atom. The normalized spacial score (nSPS) is 16.3. The molecule has 1 aliphatic rings. The number of aliphatic hydroxyl groups excluding tert-OH is 1. The van der Waals surface area contributed by atoms with Crippen molar-refractivity contribution in [3.63, 3.8) is 0 Å². The summed E-state index contributed by atoms with van der Waals surface area (Å²) in [5.74, 6) is -1.35. The van der Waals surface area contributed by atoms with Crippen LogP contribution in [0.3, 0.4) is 0 Å². The molecule has 5 heteroatoms. The molecule has 1 amide bonds. The van der Waals surface area contributed by atoms with E-state index in [2.05, 4.69) is 0 Å². The maximum absolute atomic E-state index is 11.7. The highest BCUT2D eigenvalue weighted by Gasteiger charge is 2.32. The molecule has 1 aromatic rings. The second-order valence-corrected chi connectivity index (χ2v) is 3.29. The summed E-state index contributed by atoms with van der Waals surface area (Å²) in [6.07, 6.45) is 1.37. The molecular formula is C10H9NO4. The molecule has 0 bridgehead atoms. The van der Waals surface area contributed by atoms with Gasteiger partial charge in [0.15, 0.2) is 11.5 Å². The van der Waals surface area contributed by atoms with Crippen molar-refractivity contribution < 1.29 is 19.1 Å². The Kier molecular flexibility index (Phi) is 2.07. The van der Waals surface area contributed by atoms with E-state index in [9.17, 15) is 14.7 Å². The minimum absolute atomic E-state index is 0.0810. The van der Waals surface area contributed by atoms with Crippen molar-refractivity contribution in [3.8, 4) is 0 Å². The Morgan fingerprint density at radius 2 is 2.33 bits per heavy atom. The highest BCUT2D eigenvalue weighted by atomic mass is 16.3. The van der Waals surface area contributed by atoms with Crippen LogP contribution < -0.4 is 0 Å². The second kappa shape index (κ2) is 3.27. The Balaban J connectivity index is 2.34. The first-order valence-corrected chi connectivity index (χ1v) is 4.37. The van der Waals surface area contributed by atoms with Crippen LogP contribution in [0, 0.1) is 0 Å². The Bertz CT molecular complexity index is 444. The van der Waals surface area contributed by atoms with Gasteiger partial charge in [0, 0.05) is 7.05 Å². The van der Waals surface area contributed by atoms with Crippen LogP contribution in [0.5, 0.6) is 0 Å². The predicted molar refractivity (Wildman–Crippen MR) is 50.3 cm³/mol. The van der Waals surface area contributed by atoms with Crippen molar-refractivity contribution in [3.05, 3.63) is 35.5 Å². The zero-order valence-corrected chi connectivity index (χ0v) is 8.06. The van der Waals surface area contributed by atoms with E-state index in [1.807, 2.05) is 0 Å². The Morgan fingerprint density at radius 3 is 2.80 bits per heavy atom.